The van der Waals surface area contributed by atoms with Crippen molar-refractivity contribution in [2.24, 2.45) is 0 Å². The van der Waals surface area contributed by atoms with E-state index in [9.17, 15) is 0 Å². The van der Waals surface area contributed by atoms with Gasteiger partial charge in [-0.1, -0.05) is 47.3 Å². The van der Waals surface area contributed by atoms with Crippen molar-refractivity contribution in [3.8, 4) is 5.75 Å². The van der Waals surface area contributed by atoms with E-state index in [1.54, 1.807) is 7.11 Å². The van der Waals surface area contributed by atoms with E-state index in [0.717, 1.165) is 11.1 Å². The highest BCUT2D eigenvalue weighted by Gasteiger charge is 2.19. The van der Waals surface area contributed by atoms with E-state index in [-0.39, 0.29) is 6.10 Å². The standard InChI is InChI=1S/C15H21BrO2/c1-17-13-9-7-12(8-10-13)15(11-16)18-14-5-3-2-4-6-14/h7-10,14-15H,2-6,11H2,1H3. The summed E-state index contributed by atoms with van der Waals surface area (Å²) in [5, 5.41) is 0.843. The minimum Gasteiger partial charge on any atom is -0.497 e. The molecular weight excluding hydrogens is 292 g/mol. The molecule has 0 N–H and O–H groups in total. The van der Waals surface area contributed by atoms with Gasteiger partial charge in [-0.05, 0) is 30.5 Å². The first-order valence-corrected chi connectivity index (χ1v) is 7.81. The molecule has 1 fully saturated rings. The Labute approximate surface area is 118 Å². The molecule has 1 aliphatic carbocycles. The van der Waals surface area contributed by atoms with Crippen LogP contribution in [0.5, 0.6) is 5.75 Å². The maximum Gasteiger partial charge on any atom is 0.118 e. The van der Waals surface area contributed by atoms with Crippen molar-refractivity contribution in [2.45, 2.75) is 44.3 Å². The second-order valence-corrected chi connectivity index (χ2v) is 5.46. The minimum absolute atomic E-state index is 0.152. The average Bonchev–Trinajstić information content (AvgIpc) is 2.46. The molecule has 2 rings (SSSR count). The highest BCUT2D eigenvalue weighted by Crippen LogP contribution is 2.29. The van der Waals surface area contributed by atoms with Gasteiger partial charge in [-0.2, -0.15) is 0 Å². The first-order valence-electron chi connectivity index (χ1n) is 6.69. The first kappa shape index (κ1) is 13.9. The molecule has 1 aromatic rings. The molecule has 18 heavy (non-hydrogen) atoms. The number of rotatable bonds is 5. The van der Waals surface area contributed by atoms with Gasteiger partial charge >= 0.3 is 0 Å². The zero-order valence-corrected chi connectivity index (χ0v) is 12.5. The Morgan fingerprint density at radius 1 is 1.17 bits per heavy atom. The Hall–Kier alpha value is -0.540. The van der Waals surface area contributed by atoms with Crippen molar-refractivity contribution >= 4 is 15.9 Å². The summed E-state index contributed by atoms with van der Waals surface area (Å²) in [5.41, 5.74) is 1.22. The van der Waals surface area contributed by atoms with Crippen LogP contribution in [0.4, 0.5) is 0 Å². The summed E-state index contributed by atoms with van der Waals surface area (Å²) in [7, 11) is 1.69. The van der Waals surface area contributed by atoms with Crippen LogP contribution in [0.3, 0.4) is 0 Å². The van der Waals surface area contributed by atoms with Gasteiger partial charge in [0.2, 0.25) is 0 Å². The Morgan fingerprint density at radius 3 is 2.39 bits per heavy atom. The zero-order valence-electron chi connectivity index (χ0n) is 10.9. The van der Waals surface area contributed by atoms with Gasteiger partial charge in [0.1, 0.15) is 5.75 Å². The highest BCUT2D eigenvalue weighted by atomic mass is 79.9. The summed E-state index contributed by atoms with van der Waals surface area (Å²) in [6.45, 7) is 0. The third-order valence-electron chi connectivity index (χ3n) is 3.54. The second-order valence-electron chi connectivity index (χ2n) is 4.81. The van der Waals surface area contributed by atoms with Crippen molar-refractivity contribution in [1.82, 2.24) is 0 Å². The normalized spacial score (nSPS) is 18.6. The maximum absolute atomic E-state index is 6.21. The van der Waals surface area contributed by atoms with Gasteiger partial charge < -0.3 is 9.47 Å². The topological polar surface area (TPSA) is 18.5 Å². The summed E-state index contributed by atoms with van der Waals surface area (Å²) in [4.78, 5) is 0. The SMILES string of the molecule is COc1ccc(C(CBr)OC2CCCCC2)cc1. The number of hydrogen-bond donors (Lipinski definition) is 0. The molecule has 0 bridgehead atoms. The molecule has 1 aromatic carbocycles. The van der Waals surface area contributed by atoms with Crippen molar-refractivity contribution in [3.63, 3.8) is 0 Å². The van der Waals surface area contributed by atoms with Crippen LogP contribution in [0.15, 0.2) is 24.3 Å². The summed E-state index contributed by atoms with van der Waals surface area (Å²) in [6, 6.07) is 8.17. The Balaban J connectivity index is 1.97. The van der Waals surface area contributed by atoms with Gasteiger partial charge in [-0.25, -0.2) is 0 Å². The molecule has 0 saturated heterocycles. The second kappa shape index (κ2) is 7.15. The van der Waals surface area contributed by atoms with Crippen LogP contribution in [0.25, 0.3) is 0 Å². The molecule has 1 unspecified atom stereocenters. The van der Waals surface area contributed by atoms with Crippen LogP contribution in [0.1, 0.15) is 43.8 Å². The monoisotopic (exact) mass is 312 g/mol. The lowest BCUT2D eigenvalue weighted by molar-refractivity contribution is -0.0193. The van der Waals surface area contributed by atoms with Gasteiger partial charge in [-0.15, -0.1) is 0 Å². The molecule has 0 heterocycles. The van der Waals surface area contributed by atoms with E-state index in [1.807, 2.05) is 12.1 Å². The van der Waals surface area contributed by atoms with Crippen molar-refractivity contribution in [1.29, 1.82) is 0 Å². The Kier molecular flexibility index (Phi) is 5.51. The molecule has 100 valence electrons. The van der Waals surface area contributed by atoms with Crippen LogP contribution < -0.4 is 4.74 Å². The van der Waals surface area contributed by atoms with E-state index < -0.39 is 0 Å². The molecule has 2 nitrogen and oxygen atoms in total. The molecule has 0 spiro atoms. The predicted molar refractivity (Wildman–Crippen MR) is 77.5 cm³/mol. The zero-order chi connectivity index (χ0) is 12.8. The van der Waals surface area contributed by atoms with Gasteiger partial charge in [0.15, 0.2) is 0 Å². The molecule has 1 saturated carbocycles. The van der Waals surface area contributed by atoms with Crippen LogP contribution in [0.2, 0.25) is 0 Å². The fourth-order valence-corrected chi connectivity index (χ4v) is 2.98. The first-order chi connectivity index (χ1) is 8.83. The van der Waals surface area contributed by atoms with Crippen molar-refractivity contribution in [3.05, 3.63) is 29.8 Å². The molecule has 0 amide bonds. The van der Waals surface area contributed by atoms with Gasteiger partial charge in [0.25, 0.3) is 0 Å². The molecule has 0 aromatic heterocycles. The van der Waals surface area contributed by atoms with Gasteiger partial charge in [0, 0.05) is 5.33 Å². The Bertz CT molecular complexity index is 344. The van der Waals surface area contributed by atoms with Crippen LogP contribution >= 0.6 is 15.9 Å². The van der Waals surface area contributed by atoms with E-state index in [2.05, 4.69) is 28.1 Å². The third-order valence-corrected chi connectivity index (χ3v) is 4.12. The molecule has 0 aliphatic heterocycles. The minimum atomic E-state index is 0.152. The fraction of sp³-hybridized carbons (Fsp3) is 0.600. The van der Waals surface area contributed by atoms with E-state index >= 15 is 0 Å². The summed E-state index contributed by atoms with van der Waals surface area (Å²) >= 11 is 3.56. The van der Waals surface area contributed by atoms with Crippen LogP contribution in [0, 0.1) is 0 Å². The Morgan fingerprint density at radius 2 is 1.83 bits per heavy atom. The number of methoxy groups -OCH3 is 1. The lowest BCUT2D eigenvalue weighted by Gasteiger charge is -2.27. The number of alkyl halides is 1. The van der Waals surface area contributed by atoms with E-state index in [4.69, 9.17) is 9.47 Å². The van der Waals surface area contributed by atoms with Crippen LogP contribution in [-0.2, 0) is 4.74 Å². The molecule has 1 aliphatic rings. The largest absolute Gasteiger partial charge is 0.497 e. The summed E-state index contributed by atoms with van der Waals surface area (Å²) in [6.07, 6.45) is 6.98. The quantitative estimate of drug-likeness (QED) is 0.746. The number of hydrogen-bond acceptors (Lipinski definition) is 2. The van der Waals surface area contributed by atoms with E-state index in [1.165, 1.54) is 37.7 Å². The molecular formula is C15H21BrO2. The maximum atomic E-state index is 6.21. The number of ether oxygens (including phenoxy) is 2. The predicted octanol–water partition coefficient (Wildman–Crippen LogP) is 4.48. The van der Waals surface area contributed by atoms with Crippen LogP contribution in [-0.4, -0.2) is 18.5 Å². The average molecular weight is 313 g/mol. The smallest absolute Gasteiger partial charge is 0.118 e. The summed E-state index contributed by atoms with van der Waals surface area (Å²) < 4.78 is 11.4. The van der Waals surface area contributed by atoms with Crippen molar-refractivity contribution in [2.75, 3.05) is 12.4 Å². The summed E-state index contributed by atoms with van der Waals surface area (Å²) in [5.74, 6) is 0.893. The number of benzene rings is 1. The molecule has 1 atom stereocenters. The van der Waals surface area contributed by atoms with Crippen molar-refractivity contribution < 1.29 is 9.47 Å². The fourth-order valence-electron chi connectivity index (χ4n) is 2.46. The molecule has 0 radical (unpaired) electrons. The lowest BCUT2D eigenvalue weighted by Crippen LogP contribution is -2.20. The molecule has 3 heteroatoms. The highest BCUT2D eigenvalue weighted by molar-refractivity contribution is 9.09. The van der Waals surface area contributed by atoms with Gasteiger partial charge in [0.05, 0.1) is 19.3 Å². The third kappa shape index (κ3) is 3.72. The van der Waals surface area contributed by atoms with Gasteiger partial charge in [-0.3, -0.25) is 0 Å². The lowest BCUT2D eigenvalue weighted by atomic mass is 9.97. The van der Waals surface area contributed by atoms with E-state index in [0.29, 0.717) is 6.10 Å². The number of halogens is 1.